The Morgan fingerprint density at radius 2 is 1.92 bits per heavy atom. The molecule has 0 aromatic carbocycles. The molecule has 0 spiro atoms. The highest BCUT2D eigenvalue weighted by molar-refractivity contribution is 5.86. The molecule has 1 aliphatic carbocycles. The van der Waals surface area contributed by atoms with Crippen molar-refractivity contribution >= 4 is 23.8 Å². The number of hydrogen-bond acceptors (Lipinski definition) is 6. The van der Waals surface area contributed by atoms with Crippen LogP contribution in [0.15, 0.2) is 18.5 Å². The maximum atomic E-state index is 12.3. The average molecular weight is 346 g/mol. The summed E-state index contributed by atoms with van der Waals surface area (Å²) in [6.07, 6.45) is 12.8. The fourth-order valence-electron chi connectivity index (χ4n) is 2.76. The SMILES string of the molecule is COC(=O)C=Cc1cnc(N[C@H](C)C(=O)NC2CCCCCC2)cn1. The van der Waals surface area contributed by atoms with Gasteiger partial charge in [0.25, 0.3) is 0 Å². The topological polar surface area (TPSA) is 93.2 Å². The Morgan fingerprint density at radius 1 is 1.20 bits per heavy atom. The van der Waals surface area contributed by atoms with Crippen LogP contribution in [0.4, 0.5) is 5.82 Å². The van der Waals surface area contributed by atoms with Gasteiger partial charge in [-0.2, -0.15) is 0 Å². The van der Waals surface area contributed by atoms with E-state index in [4.69, 9.17) is 0 Å². The van der Waals surface area contributed by atoms with E-state index < -0.39 is 12.0 Å². The maximum absolute atomic E-state index is 12.3. The monoisotopic (exact) mass is 346 g/mol. The quantitative estimate of drug-likeness (QED) is 0.466. The van der Waals surface area contributed by atoms with E-state index in [0.717, 1.165) is 12.8 Å². The van der Waals surface area contributed by atoms with Crippen molar-refractivity contribution in [2.24, 2.45) is 0 Å². The minimum atomic E-state index is -0.451. The number of aromatic nitrogens is 2. The number of rotatable bonds is 6. The van der Waals surface area contributed by atoms with Crippen molar-refractivity contribution < 1.29 is 14.3 Å². The summed E-state index contributed by atoms with van der Waals surface area (Å²) in [5.74, 6) is 0.0369. The second-order valence-corrected chi connectivity index (χ2v) is 6.25. The Balaban J connectivity index is 1.84. The molecule has 1 saturated carbocycles. The van der Waals surface area contributed by atoms with E-state index >= 15 is 0 Å². The zero-order chi connectivity index (χ0) is 18.1. The van der Waals surface area contributed by atoms with Crippen LogP contribution < -0.4 is 10.6 Å². The highest BCUT2D eigenvalue weighted by Gasteiger charge is 2.19. The standard InChI is InChI=1S/C18H26N4O3/c1-13(18(24)22-14-7-5-3-4-6-8-14)21-16-12-19-15(11-20-16)9-10-17(23)25-2/h9-14H,3-8H2,1-2H3,(H,20,21)(H,22,24)/t13-/m1/s1. The first-order valence-electron chi connectivity index (χ1n) is 8.73. The third-order valence-corrected chi connectivity index (χ3v) is 4.22. The number of carbonyl (C=O) groups excluding carboxylic acids is 2. The third-order valence-electron chi connectivity index (χ3n) is 4.22. The molecule has 1 amide bonds. The summed E-state index contributed by atoms with van der Waals surface area (Å²) in [6, 6.07) is -0.120. The largest absolute Gasteiger partial charge is 0.466 e. The van der Waals surface area contributed by atoms with E-state index in [1.54, 1.807) is 6.92 Å². The Kier molecular flexibility index (Phi) is 7.37. The van der Waals surface area contributed by atoms with Crippen LogP contribution in [0.1, 0.15) is 51.1 Å². The van der Waals surface area contributed by atoms with Gasteiger partial charge in [-0.05, 0) is 25.8 Å². The van der Waals surface area contributed by atoms with E-state index in [9.17, 15) is 9.59 Å². The number of methoxy groups -OCH3 is 1. The summed E-state index contributed by atoms with van der Waals surface area (Å²) >= 11 is 0. The number of amides is 1. The van der Waals surface area contributed by atoms with Crippen molar-refractivity contribution in [3.8, 4) is 0 Å². The summed E-state index contributed by atoms with van der Waals surface area (Å²) < 4.78 is 4.51. The lowest BCUT2D eigenvalue weighted by Crippen LogP contribution is -2.43. The Bertz CT molecular complexity index is 593. The van der Waals surface area contributed by atoms with Crippen LogP contribution in [-0.2, 0) is 14.3 Å². The fourth-order valence-corrected chi connectivity index (χ4v) is 2.76. The number of hydrogen-bond donors (Lipinski definition) is 2. The second kappa shape index (κ2) is 9.76. The van der Waals surface area contributed by atoms with Crippen LogP contribution in [0.2, 0.25) is 0 Å². The number of nitrogens with zero attached hydrogens (tertiary/aromatic N) is 2. The van der Waals surface area contributed by atoms with E-state index in [1.165, 1.54) is 57.3 Å². The molecule has 2 rings (SSSR count). The molecule has 0 unspecified atom stereocenters. The maximum Gasteiger partial charge on any atom is 0.330 e. The average Bonchev–Trinajstić information content (AvgIpc) is 2.89. The lowest BCUT2D eigenvalue weighted by Gasteiger charge is -2.20. The molecule has 7 nitrogen and oxygen atoms in total. The first-order chi connectivity index (χ1) is 12.1. The van der Waals surface area contributed by atoms with Gasteiger partial charge in [0.15, 0.2) is 0 Å². The minimum absolute atomic E-state index is 0.0247. The fraction of sp³-hybridized carbons (Fsp3) is 0.556. The van der Waals surface area contributed by atoms with Gasteiger partial charge < -0.3 is 15.4 Å². The molecule has 0 bridgehead atoms. The summed E-state index contributed by atoms with van der Waals surface area (Å²) in [5.41, 5.74) is 0.534. The molecule has 1 aliphatic rings. The smallest absolute Gasteiger partial charge is 0.330 e. The molecule has 0 saturated heterocycles. The second-order valence-electron chi connectivity index (χ2n) is 6.25. The summed E-state index contributed by atoms with van der Waals surface area (Å²) in [7, 11) is 1.31. The van der Waals surface area contributed by atoms with Gasteiger partial charge in [-0.25, -0.2) is 9.78 Å². The van der Waals surface area contributed by atoms with E-state index in [0.29, 0.717) is 11.5 Å². The molecule has 0 aliphatic heterocycles. The molecule has 2 N–H and O–H groups in total. The van der Waals surface area contributed by atoms with Crippen LogP contribution in [0.25, 0.3) is 6.08 Å². The lowest BCUT2D eigenvalue weighted by atomic mass is 10.1. The lowest BCUT2D eigenvalue weighted by molar-refractivity contribution is -0.134. The molecular formula is C18H26N4O3. The number of esters is 1. The van der Waals surface area contributed by atoms with Gasteiger partial charge in [0.1, 0.15) is 11.9 Å². The first-order valence-corrected chi connectivity index (χ1v) is 8.73. The van der Waals surface area contributed by atoms with E-state index in [2.05, 4.69) is 25.3 Å². The molecule has 136 valence electrons. The van der Waals surface area contributed by atoms with Crippen molar-refractivity contribution in [3.05, 3.63) is 24.2 Å². The van der Waals surface area contributed by atoms with Crippen LogP contribution >= 0.6 is 0 Å². The van der Waals surface area contributed by atoms with Crippen LogP contribution in [0.5, 0.6) is 0 Å². The molecule has 7 heteroatoms. The molecular weight excluding hydrogens is 320 g/mol. The molecule has 1 heterocycles. The molecule has 1 atom stereocenters. The molecule has 0 radical (unpaired) electrons. The van der Waals surface area contributed by atoms with Crippen molar-refractivity contribution in [2.75, 3.05) is 12.4 Å². The number of ether oxygens (including phenoxy) is 1. The minimum Gasteiger partial charge on any atom is -0.466 e. The predicted octanol–water partition coefficient (Wildman–Crippen LogP) is 2.30. The highest BCUT2D eigenvalue weighted by Crippen LogP contribution is 2.17. The highest BCUT2D eigenvalue weighted by atomic mass is 16.5. The van der Waals surface area contributed by atoms with Gasteiger partial charge in [-0.3, -0.25) is 9.78 Å². The zero-order valence-corrected chi connectivity index (χ0v) is 14.8. The number of anilines is 1. The van der Waals surface area contributed by atoms with Gasteiger partial charge in [0, 0.05) is 12.1 Å². The molecule has 1 aromatic rings. The Hall–Kier alpha value is -2.44. The Labute approximate surface area is 148 Å². The summed E-state index contributed by atoms with van der Waals surface area (Å²) in [6.45, 7) is 1.80. The van der Waals surface area contributed by atoms with Gasteiger partial charge in [-0.1, -0.05) is 25.7 Å². The normalized spacial score (nSPS) is 16.9. The van der Waals surface area contributed by atoms with E-state index in [1.807, 2.05) is 0 Å². The van der Waals surface area contributed by atoms with Crippen molar-refractivity contribution in [1.29, 1.82) is 0 Å². The molecule has 1 fully saturated rings. The molecule has 1 aromatic heterocycles. The van der Waals surface area contributed by atoms with Crippen molar-refractivity contribution in [3.63, 3.8) is 0 Å². The zero-order valence-electron chi connectivity index (χ0n) is 14.8. The van der Waals surface area contributed by atoms with Crippen LogP contribution in [0, 0.1) is 0 Å². The predicted molar refractivity (Wildman–Crippen MR) is 95.8 cm³/mol. The molecule has 25 heavy (non-hydrogen) atoms. The third kappa shape index (κ3) is 6.52. The van der Waals surface area contributed by atoms with Crippen molar-refractivity contribution in [2.45, 2.75) is 57.5 Å². The summed E-state index contributed by atoms with van der Waals surface area (Å²) in [4.78, 5) is 31.7. The van der Waals surface area contributed by atoms with E-state index in [-0.39, 0.29) is 11.9 Å². The van der Waals surface area contributed by atoms with Crippen LogP contribution in [0.3, 0.4) is 0 Å². The van der Waals surface area contributed by atoms with Gasteiger partial charge >= 0.3 is 5.97 Å². The Morgan fingerprint density at radius 3 is 2.52 bits per heavy atom. The summed E-state index contributed by atoms with van der Waals surface area (Å²) in [5, 5.41) is 6.17. The van der Waals surface area contributed by atoms with Gasteiger partial charge in [0.05, 0.1) is 25.2 Å². The number of nitrogens with one attached hydrogen (secondary N) is 2. The van der Waals surface area contributed by atoms with Gasteiger partial charge in [-0.15, -0.1) is 0 Å². The van der Waals surface area contributed by atoms with Crippen molar-refractivity contribution in [1.82, 2.24) is 15.3 Å². The van der Waals surface area contributed by atoms with Crippen LogP contribution in [-0.4, -0.2) is 41.0 Å². The van der Waals surface area contributed by atoms with Gasteiger partial charge in [0.2, 0.25) is 5.91 Å². The number of carbonyl (C=O) groups is 2. The first kappa shape index (κ1) is 18.9.